The number of nitrogens with zero attached hydrogens (tertiary/aromatic N) is 2. The number of anilines is 1. The number of carbonyl (C=O) groups is 1. The Morgan fingerprint density at radius 3 is 2.54 bits per heavy atom. The summed E-state index contributed by atoms with van der Waals surface area (Å²) >= 11 is 0. The van der Waals surface area contributed by atoms with Crippen LogP contribution in [0.4, 0.5) is 5.82 Å². The SMILES string of the molecule is Cc1cc(NC(=O)COc2ccc3ccccc3c2)n(Cc2ccccc2)n1. The zero-order valence-corrected chi connectivity index (χ0v) is 15.6. The van der Waals surface area contributed by atoms with Crippen molar-refractivity contribution in [2.24, 2.45) is 0 Å². The van der Waals surface area contributed by atoms with Gasteiger partial charge in [-0.1, -0.05) is 60.7 Å². The van der Waals surface area contributed by atoms with Gasteiger partial charge in [0.25, 0.3) is 5.91 Å². The molecule has 1 heterocycles. The number of aryl methyl sites for hydroxylation is 1. The quantitative estimate of drug-likeness (QED) is 0.546. The highest BCUT2D eigenvalue weighted by Crippen LogP contribution is 2.20. The molecule has 0 unspecified atom stereocenters. The molecule has 0 radical (unpaired) electrons. The van der Waals surface area contributed by atoms with Crippen LogP contribution in [-0.2, 0) is 11.3 Å². The molecule has 1 N–H and O–H groups in total. The molecular formula is C23H21N3O2. The van der Waals surface area contributed by atoms with Crippen molar-refractivity contribution in [1.82, 2.24) is 9.78 Å². The number of carbonyl (C=O) groups excluding carboxylic acids is 1. The van der Waals surface area contributed by atoms with Gasteiger partial charge in [-0.25, -0.2) is 4.68 Å². The molecule has 0 spiro atoms. The third-order valence-electron chi connectivity index (χ3n) is 4.44. The third kappa shape index (κ3) is 4.20. The maximum Gasteiger partial charge on any atom is 0.263 e. The summed E-state index contributed by atoms with van der Waals surface area (Å²) in [5.41, 5.74) is 1.97. The van der Waals surface area contributed by atoms with Gasteiger partial charge in [0.05, 0.1) is 12.2 Å². The van der Waals surface area contributed by atoms with Crippen LogP contribution in [0.3, 0.4) is 0 Å². The van der Waals surface area contributed by atoms with Gasteiger partial charge in [-0.2, -0.15) is 5.10 Å². The minimum absolute atomic E-state index is 0.0616. The first-order chi connectivity index (χ1) is 13.7. The summed E-state index contributed by atoms with van der Waals surface area (Å²) in [6.07, 6.45) is 0. The van der Waals surface area contributed by atoms with Crippen LogP contribution < -0.4 is 10.1 Å². The van der Waals surface area contributed by atoms with Gasteiger partial charge >= 0.3 is 0 Å². The average Bonchev–Trinajstić information content (AvgIpc) is 3.05. The van der Waals surface area contributed by atoms with Gasteiger partial charge in [0.2, 0.25) is 0 Å². The van der Waals surface area contributed by atoms with E-state index in [1.54, 1.807) is 4.68 Å². The lowest BCUT2D eigenvalue weighted by molar-refractivity contribution is -0.118. The molecule has 0 atom stereocenters. The highest BCUT2D eigenvalue weighted by Gasteiger charge is 2.11. The molecule has 0 aliphatic heterocycles. The molecule has 28 heavy (non-hydrogen) atoms. The normalized spacial score (nSPS) is 10.8. The summed E-state index contributed by atoms with van der Waals surface area (Å²) in [5, 5.41) is 9.59. The Morgan fingerprint density at radius 1 is 0.964 bits per heavy atom. The first kappa shape index (κ1) is 17.8. The van der Waals surface area contributed by atoms with Crippen molar-refractivity contribution in [2.75, 3.05) is 11.9 Å². The number of benzene rings is 3. The molecule has 0 aliphatic rings. The van der Waals surface area contributed by atoms with Gasteiger partial charge in [0.15, 0.2) is 6.61 Å². The summed E-state index contributed by atoms with van der Waals surface area (Å²) in [7, 11) is 0. The number of fused-ring (bicyclic) bond motifs is 1. The minimum Gasteiger partial charge on any atom is -0.484 e. The van der Waals surface area contributed by atoms with Gasteiger partial charge < -0.3 is 10.1 Å². The van der Waals surface area contributed by atoms with E-state index in [0.29, 0.717) is 18.1 Å². The Bertz CT molecular complexity index is 1100. The second-order valence-corrected chi connectivity index (χ2v) is 6.66. The molecule has 4 rings (SSSR count). The number of amides is 1. The predicted molar refractivity (Wildman–Crippen MR) is 111 cm³/mol. The Kier molecular flexibility index (Phi) is 5.06. The molecule has 1 amide bonds. The molecule has 0 aliphatic carbocycles. The fourth-order valence-corrected chi connectivity index (χ4v) is 3.11. The number of aromatic nitrogens is 2. The van der Waals surface area contributed by atoms with E-state index in [1.807, 2.05) is 85.8 Å². The van der Waals surface area contributed by atoms with E-state index in [2.05, 4.69) is 10.4 Å². The van der Waals surface area contributed by atoms with Crippen LogP contribution in [0.2, 0.25) is 0 Å². The van der Waals surface area contributed by atoms with Crippen molar-refractivity contribution in [3.63, 3.8) is 0 Å². The van der Waals surface area contributed by atoms with E-state index >= 15 is 0 Å². The first-order valence-corrected chi connectivity index (χ1v) is 9.17. The lowest BCUT2D eigenvalue weighted by Crippen LogP contribution is -2.22. The van der Waals surface area contributed by atoms with Crippen molar-refractivity contribution in [3.8, 4) is 5.75 Å². The number of rotatable bonds is 6. The van der Waals surface area contributed by atoms with Crippen LogP contribution in [0.15, 0.2) is 78.9 Å². The Labute approximate surface area is 163 Å². The number of ether oxygens (including phenoxy) is 1. The highest BCUT2D eigenvalue weighted by atomic mass is 16.5. The van der Waals surface area contributed by atoms with E-state index in [1.165, 1.54) is 0 Å². The first-order valence-electron chi connectivity index (χ1n) is 9.17. The fraction of sp³-hybridized carbons (Fsp3) is 0.130. The molecule has 0 saturated carbocycles. The van der Waals surface area contributed by atoms with E-state index in [9.17, 15) is 4.79 Å². The second kappa shape index (κ2) is 7.96. The molecule has 3 aromatic carbocycles. The van der Waals surface area contributed by atoms with E-state index in [4.69, 9.17) is 4.74 Å². The highest BCUT2D eigenvalue weighted by molar-refractivity contribution is 5.91. The maximum atomic E-state index is 12.4. The Hall–Kier alpha value is -3.60. The summed E-state index contributed by atoms with van der Waals surface area (Å²) in [6.45, 7) is 2.44. The van der Waals surface area contributed by atoms with Gasteiger partial charge in [0.1, 0.15) is 11.6 Å². The minimum atomic E-state index is -0.220. The average molecular weight is 371 g/mol. The summed E-state index contributed by atoms with van der Waals surface area (Å²) < 4.78 is 7.46. The number of hydrogen-bond donors (Lipinski definition) is 1. The standard InChI is InChI=1S/C23H21N3O2/c1-17-13-22(26(25-17)15-18-7-3-2-4-8-18)24-23(27)16-28-21-12-11-19-9-5-6-10-20(19)14-21/h2-14H,15-16H2,1H3,(H,24,27). The molecule has 0 saturated heterocycles. The van der Waals surface area contributed by atoms with Crippen LogP contribution in [0, 0.1) is 6.92 Å². The topological polar surface area (TPSA) is 56.1 Å². The van der Waals surface area contributed by atoms with Gasteiger partial charge in [-0.05, 0) is 35.4 Å². The molecular weight excluding hydrogens is 350 g/mol. The smallest absolute Gasteiger partial charge is 0.263 e. The zero-order valence-electron chi connectivity index (χ0n) is 15.6. The van der Waals surface area contributed by atoms with Crippen LogP contribution in [0.1, 0.15) is 11.3 Å². The number of nitrogens with one attached hydrogen (secondary N) is 1. The summed E-state index contributed by atoms with van der Waals surface area (Å²) in [6, 6.07) is 25.7. The largest absolute Gasteiger partial charge is 0.484 e. The predicted octanol–water partition coefficient (Wildman–Crippen LogP) is 4.41. The Morgan fingerprint density at radius 2 is 1.71 bits per heavy atom. The lowest BCUT2D eigenvalue weighted by atomic mass is 10.1. The van der Waals surface area contributed by atoms with Crippen LogP contribution >= 0.6 is 0 Å². The van der Waals surface area contributed by atoms with Gasteiger partial charge in [-0.3, -0.25) is 4.79 Å². The zero-order chi connectivity index (χ0) is 19.3. The van der Waals surface area contributed by atoms with Gasteiger partial charge in [-0.15, -0.1) is 0 Å². The van der Waals surface area contributed by atoms with Crippen LogP contribution in [-0.4, -0.2) is 22.3 Å². The van der Waals surface area contributed by atoms with Crippen LogP contribution in [0.25, 0.3) is 10.8 Å². The lowest BCUT2D eigenvalue weighted by Gasteiger charge is -2.10. The van der Waals surface area contributed by atoms with Gasteiger partial charge in [0, 0.05) is 6.07 Å². The molecule has 4 aromatic rings. The second-order valence-electron chi connectivity index (χ2n) is 6.66. The van der Waals surface area contributed by atoms with E-state index < -0.39 is 0 Å². The molecule has 1 aromatic heterocycles. The fourth-order valence-electron chi connectivity index (χ4n) is 3.11. The number of hydrogen-bond acceptors (Lipinski definition) is 3. The van der Waals surface area contributed by atoms with Crippen molar-refractivity contribution in [2.45, 2.75) is 13.5 Å². The van der Waals surface area contributed by atoms with E-state index in [0.717, 1.165) is 22.0 Å². The molecule has 5 heteroatoms. The van der Waals surface area contributed by atoms with Crippen molar-refractivity contribution in [1.29, 1.82) is 0 Å². The molecule has 0 bridgehead atoms. The molecule has 5 nitrogen and oxygen atoms in total. The maximum absolute atomic E-state index is 12.4. The Balaban J connectivity index is 1.40. The summed E-state index contributed by atoms with van der Waals surface area (Å²) in [5.74, 6) is 1.11. The van der Waals surface area contributed by atoms with Crippen LogP contribution in [0.5, 0.6) is 5.75 Å². The molecule has 140 valence electrons. The van der Waals surface area contributed by atoms with E-state index in [-0.39, 0.29) is 12.5 Å². The molecule has 0 fully saturated rings. The van der Waals surface area contributed by atoms with Crippen molar-refractivity contribution >= 4 is 22.5 Å². The summed E-state index contributed by atoms with van der Waals surface area (Å²) in [4.78, 5) is 12.4. The monoisotopic (exact) mass is 371 g/mol. The van der Waals surface area contributed by atoms with Crippen molar-refractivity contribution in [3.05, 3.63) is 90.1 Å². The third-order valence-corrected chi connectivity index (χ3v) is 4.44. The van der Waals surface area contributed by atoms with Crippen molar-refractivity contribution < 1.29 is 9.53 Å².